The number of thioether (sulfide) groups is 1. The van der Waals surface area contributed by atoms with Crippen LogP contribution < -0.4 is 4.90 Å². The van der Waals surface area contributed by atoms with Crippen molar-refractivity contribution >= 4 is 44.3 Å². The summed E-state index contributed by atoms with van der Waals surface area (Å²) in [4.78, 5) is 28.8. The maximum Gasteiger partial charge on any atom is 0.303 e. The molecular weight excluding hydrogens is 388 g/mol. The van der Waals surface area contributed by atoms with Crippen LogP contribution in [-0.2, 0) is 19.4 Å². The summed E-state index contributed by atoms with van der Waals surface area (Å²) in [7, 11) is -3.11. The van der Waals surface area contributed by atoms with Gasteiger partial charge in [-0.05, 0) is 43.5 Å². The molecule has 0 saturated carbocycles. The highest BCUT2D eigenvalue weighted by Crippen LogP contribution is 2.41. The maximum atomic E-state index is 12.2. The quantitative estimate of drug-likeness (QED) is 0.793. The number of anilines is 1. The van der Waals surface area contributed by atoms with Crippen LogP contribution in [0.3, 0.4) is 0 Å². The molecule has 2 aliphatic heterocycles. The van der Waals surface area contributed by atoms with Gasteiger partial charge >= 0.3 is 5.97 Å². The van der Waals surface area contributed by atoms with E-state index in [0.717, 1.165) is 16.8 Å². The molecule has 1 aromatic rings. The van der Waals surface area contributed by atoms with Crippen molar-refractivity contribution in [3.05, 3.63) is 29.3 Å². The molecule has 2 heterocycles. The van der Waals surface area contributed by atoms with E-state index in [0.29, 0.717) is 5.17 Å². The fourth-order valence-electron chi connectivity index (χ4n) is 3.30. The van der Waals surface area contributed by atoms with Gasteiger partial charge in [-0.25, -0.2) is 8.42 Å². The zero-order valence-corrected chi connectivity index (χ0v) is 16.8. The average molecular weight is 411 g/mol. The first-order valence-corrected chi connectivity index (χ1v) is 11.4. The molecular formula is C18H22N2O5S2. The highest BCUT2D eigenvalue weighted by Gasteiger charge is 2.49. The number of carboxylic acids is 1. The van der Waals surface area contributed by atoms with Gasteiger partial charge < -0.3 is 10.0 Å². The topological polar surface area (TPSA) is 104 Å². The highest BCUT2D eigenvalue weighted by molar-refractivity contribution is 8.16. The van der Waals surface area contributed by atoms with E-state index in [1.807, 2.05) is 36.9 Å². The van der Waals surface area contributed by atoms with Gasteiger partial charge in [-0.3, -0.25) is 9.59 Å². The van der Waals surface area contributed by atoms with Crippen molar-refractivity contribution < 1.29 is 23.1 Å². The lowest BCUT2D eigenvalue weighted by Crippen LogP contribution is -2.37. The smallest absolute Gasteiger partial charge is 0.303 e. The van der Waals surface area contributed by atoms with Crippen LogP contribution >= 0.6 is 11.8 Å². The van der Waals surface area contributed by atoms with Crippen molar-refractivity contribution in [1.82, 2.24) is 0 Å². The van der Waals surface area contributed by atoms with Crippen LogP contribution in [0.2, 0.25) is 0 Å². The van der Waals surface area contributed by atoms with Crippen molar-refractivity contribution in [2.24, 2.45) is 4.99 Å². The van der Waals surface area contributed by atoms with Crippen LogP contribution in [0.5, 0.6) is 0 Å². The Balaban J connectivity index is 1.88. The number of amidine groups is 1. The first-order chi connectivity index (χ1) is 12.7. The van der Waals surface area contributed by atoms with Gasteiger partial charge in [-0.2, -0.15) is 4.99 Å². The molecule has 2 aliphatic rings. The van der Waals surface area contributed by atoms with Gasteiger partial charge in [0, 0.05) is 23.8 Å². The van der Waals surface area contributed by atoms with E-state index in [2.05, 4.69) is 4.99 Å². The van der Waals surface area contributed by atoms with Crippen LogP contribution in [-0.4, -0.2) is 53.4 Å². The number of carboxylic acid groups (broad SMARTS) is 1. The lowest BCUT2D eigenvalue weighted by molar-refractivity contribution is -0.137. The number of nitrogens with zero attached hydrogens (tertiary/aromatic N) is 2. The number of sulfone groups is 1. The van der Waals surface area contributed by atoms with E-state index in [4.69, 9.17) is 5.11 Å². The number of amides is 1. The number of carbonyl (C=O) groups excluding carboxylic acids is 1. The van der Waals surface area contributed by atoms with Gasteiger partial charge in [-0.15, -0.1) is 0 Å². The minimum atomic E-state index is -3.11. The zero-order valence-electron chi connectivity index (χ0n) is 15.2. The molecule has 9 heteroatoms. The molecule has 0 bridgehead atoms. The summed E-state index contributed by atoms with van der Waals surface area (Å²) in [6.07, 6.45) is 0.222. The van der Waals surface area contributed by atoms with Crippen molar-refractivity contribution in [3.63, 3.8) is 0 Å². The van der Waals surface area contributed by atoms with Crippen molar-refractivity contribution in [1.29, 1.82) is 0 Å². The zero-order chi connectivity index (χ0) is 19.8. The van der Waals surface area contributed by atoms with Gasteiger partial charge in [0.1, 0.15) is 0 Å². The number of aryl methyl sites for hydroxylation is 2. The minimum Gasteiger partial charge on any atom is -0.481 e. The fraction of sp³-hybridized carbons (Fsp3) is 0.500. The van der Waals surface area contributed by atoms with Crippen molar-refractivity contribution in [2.45, 2.75) is 44.4 Å². The first kappa shape index (κ1) is 19.9. The largest absolute Gasteiger partial charge is 0.481 e. The third-order valence-electron chi connectivity index (χ3n) is 4.84. The maximum absolute atomic E-state index is 12.2. The summed E-state index contributed by atoms with van der Waals surface area (Å²) in [6.45, 7) is 3.99. The van der Waals surface area contributed by atoms with E-state index < -0.39 is 15.8 Å². The Morgan fingerprint density at radius 2 is 1.96 bits per heavy atom. The molecule has 0 aromatic heterocycles. The number of aliphatic carboxylic acids is 1. The second-order valence-electron chi connectivity index (χ2n) is 6.97. The number of carbonyl (C=O) groups is 2. The van der Waals surface area contributed by atoms with Gasteiger partial charge in [0.2, 0.25) is 5.91 Å². The Kier molecular flexibility index (Phi) is 5.62. The van der Waals surface area contributed by atoms with Gasteiger partial charge in [0.05, 0.1) is 17.5 Å². The second kappa shape index (κ2) is 7.63. The summed E-state index contributed by atoms with van der Waals surface area (Å²) in [6, 6.07) is 5.62. The van der Waals surface area contributed by atoms with Crippen LogP contribution in [0.15, 0.2) is 23.2 Å². The molecule has 0 aliphatic carbocycles. The Morgan fingerprint density at radius 3 is 2.63 bits per heavy atom. The Labute approximate surface area is 162 Å². The SMILES string of the molecule is Cc1ccc(N2C(=NC(=O)CCCC(=O)O)S[C@@H]3CS(=O)(=O)C[C@H]32)cc1C. The third-order valence-corrected chi connectivity index (χ3v) is 8.05. The number of benzene rings is 1. The minimum absolute atomic E-state index is 0.0455. The standard InChI is InChI=1S/C18H22N2O5S2/c1-11-6-7-13(8-12(11)2)20-14-9-27(24,25)10-15(14)26-18(20)19-16(21)4-3-5-17(22)23/h6-8,14-15H,3-5,9-10H2,1-2H3,(H,22,23)/t14-,15-/m1/s1. The van der Waals surface area contributed by atoms with Crippen LogP contribution in [0.25, 0.3) is 0 Å². The fourth-order valence-corrected chi connectivity index (χ4v) is 7.23. The summed E-state index contributed by atoms with van der Waals surface area (Å²) in [5.41, 5.74) is 3.03. The van der Waals surface area contributed by atoms with E-state index in [9.17, 15) is 18.0 Å². The van der Waals surface area contributed by atoms with Crippen LogP contribution in [0, 0.1) is 13.8 Å². The Morgan fingerprint density at radius 1 is 1.22 bits per heavy atom. The van der Waals surface area contributed by atoms with E-state index in [1.165, 1.54) is 11.8 Å². The summed E-state index contributed by atoms with van der Waals surface area (Å²) in [5.74, 6) is -1.20. The molecule has 2 atom stereocenters. The second-order valence-corrected chi connectivity index (χ2v) is 10.3. The molecule has 1 aromatic carbocycles. The number of hydrogen-bond donors (Lipinski definition) is 1. The predicted octanol–water partition coefficient (Wildman–Crippen LogP) is 2.16. The monoisotopic (exact) mass is 410 g/mol. The van der Waals surface area contributed by atoms with E-state index in [-0.39, 0.29) is 48.0 Å². The molecule has 0 unspecified atom stereocenters. The Hall–Kier alpha value is -1.87. The summed E-state index contributed by atoms with van der Waals surface area (Å²) >= 11 is 1.32. The molecule has 1 N–H and O–H groups in total. The molecule has 2 saturated heterocycles. The Bertz CT molecular complexity index is 910. The van der Waals surface area contributed by atoms with Crippen molar-refractivity contribution in [3.8, 4) is 0 Å². The lowest BCUT2D eigenvalue weighted by atomic mass is 10.1. The van der Waals surface area contributed by atoms with Crippen LogP contribution in [0.1, 0.15) is 30.4 Å². The number of fused-ring (bicyclic) bond motifs is 1. The summed E-state index contributed by atoms with van der Waals surface area (Å²) < 4.78 is 24.1. The molecule has 27 heavy (non-hydrogen) atoms. The molecule has 3 rings (SSSR count). The highest BCUT2D eigenvalue weighted by atomic mass is 32.2. The molecule has 7 nitrogen and oxygen atoms in total. The van der Waals surface area contributed by atoms with Gasteiger partial charge in [0.15, 0.2) is 15.0 Å². The average Bonchev–Trinajstić information content (AvgIpc) is 3.00. The number of rotatable bonds is 5. The van der Waals surface area contributed by atoms with E-state index in [1.54, 1.807) is 0 Å². The first-order valence-electron chi connectivity index (χ1n) is 8.73. The molecule has 1 amide bonds. The molecule has 0 spiro atoms. The van der Waals surface area contributed by atoms with Crippen LogP contribution in [0.4, 0.5) is 5.69 Å². The number of hydrogen-bond acceptors (Lipinski definition) is 5. The summed E-state index contributed by atoms with van der Waals surface area (Å²) in [5, 5.41) is 9.04. The lowest BCUT2D eigenvalue weighted by Gasteiger charge is -2.25. The third kappa shape index (κ3) is 4.52. The number of aliphatic imine (C=N–C) groups is 1. The normalized spacial score (nSPS) is 25.0. The molecule has 0 radical (unpaired) electrons. The van der Waals surface area contributed by atoms with Crippen molar-refractivity contribution in [2.75, 3.05) is 16.4 Å². The molecule has 2 fully saturated rings. The molecule has 146 valence electrons. The predicted molar refractivity (Wildman–Crippen MR) is 106 cm³/mol. The van der Waals surface area contributed by atoms with Gasteiger partial charge in [0.25, 0.3) is 0 Å². The van der Waals surface area contributed by atoms with Gasteiger partial charge in [-0.1, -0.05) is 17.8 Å². The van der Waals surface area contributed by atoms with E-state index >= 15 is 0 Å².